The van der Waals surface area contributed by atoms with E-state index in [1.807, 2.05) is 0 Å². The lowest BCUT2D eigenvalue weighted by molar-refractivity contribution is -0.200. The van der Waals surface area contributed by atoms with E-state index in [0.29, 0.717) is 0 Å². The van der Waals surface area contributed by atoms with E-state index in [9.17, 15) is 9.59 Å². The number of ether oxygens (including phenoxy) is 1. The zero-order valence-electron chi connectivity index (χ0n) is 4.77. The summed E-state index contributed by atoms with van der Waals surface area (Å²) in [4.78, 5) is 20.3. The maximum Gasteiger partial charge on any atom is 0.381 e. The molecule has 0 bridgehead atoms. The fraction of sp³-hybridized carbons (Fsp3) is 0.200. The molecular weight excluding hydrogens is 140 g/mol. The van der Waals surface area contributed by atoms with E-state index < -0.39 is 17.7 Å². The lowest BCUT2D eigenvalue weighted by Crippen LogP contribution is -2.37. The smallest absolute Gasteiger partial charge is 0.381 e. The molecule has 1 aliphatic rings. The third-order valence-corrected chi connectivity index (χ3v) is 1.01. The number of cyclic esters (lactones) is 1. The van der Waals surface area contributed by atoms with Gasteiger partial charge in [0, 0.05) is 12.2 Å². The molecule has 5 heteroatoms. The predicted octanol–water partition coefficient (Wildman–Crippen LogP) is -1.13. The van der Waals surface area contributed by atoms with Crippen LogP contribution in [0.1, 0.15) is 0 Å². The largest absolute Gasteiger partial charge is 0.476 e. The molecule has 0 aromatic carbocycles. The number of carbonyl (C=O) groups is 2. The van der Waals surface area contributed by atoms with Gasteiger partial charge in [-0.1, -0.05) is 0 Å². The quantitative estimate of drug-likeness (QED) is 0.455. The molecule has 1 unspecified atom stereocenters. The topological polar surface area (TPSA) is 83.8 Å². The summed E-state index contributed by atoms with van der Waals surface area (Å²) in [6, 6.07) is 0. The molecule has 5 nitrogen and oxygen atoms in total. The summed E-state index contributed by atoms with van der Waals surface area (Å²) in [5.74, 6) is -4.91. The van der Waals surface area contributed by atoms with Crippen molar-refractivity contribution in [2.45, 2.75) is 5.79 Å². The highest BCUT2D eigenvalue weighted by atomic mass is 16.7. The Kier molecular flexibility index (Phi) is 1.22. The molecule has 54 valence electrons. The van der Waals surface area contributed by atoms with Gasteiger partial charge >= 0.3 is 17.7 Å². The van der Waals surface area contributed by atoms with Gasteiger partial charge in [-0.3, -0.25) is 0 Å². The van der Waals surface area contributed by atoms with E-state index in [1.165, 1.54) is 0 Å². The summed E-state index contributed by atoms with van der Waals surface area (Å²) in [5, 5.41) is 17.0. The van der Waals surface area contributed by atoms with Crippen LogP contribution in [0.3, 0.4) is 0 Å². The van der Waals surface area contributed by atoms with Crippen molar-refractivity contribution in [1.82, 2.24) is 0 Å². The Morgan fingerprint density at radius 1 is 1.70 bits per heavy atom. The fourth-order valence-corrected chi connectivity index (χ4v) is 0.517. The van der Waals surface area contributed by atoms with E-state index in [2.05, 4.69) is 4.74 Å². The lowest BCUT2D eigenvalue weighted by Gasteiger charge is -2.12. The monoisotopic (exact) mass is 144 g/mol. The molecule has 0 aromatic rings. The molecule has 1 aliphatic heterocycles. The van der Waals surface area contributed by atoms with Crippen LogP contribution in [-0.4, -0.2) is 27.9 Å². The van der Waals surface area contributed by atoms with E-state index in [4.69, 9.17) is 10.2 Å². The van der Waals surface area contributed by atoms with Crippen LogP contribution in [0.4, 0.5) is 0 Å². The van der Waals surface area contributed by atoms with Crippen LogP contribution in [0.15, 0.2) is 12.2 Å². The van der Waals surface area contributed by atoms with Gasteiger partial charge in [0.05, 0.1) is 0 Å². The first-order chi connectivity index (χ1) is 4.54. The molecule has 1 atom stereocenters. The Hall–Kier alpha value is -1.36. The number of carboxylic acids is 1. The number of carboxylic acid groups (broad SMARTS) is 1. The second kappa shape index (κ2) is 1.81. The molecule has 0 spiro atoms. The van der Waals surface area contributed by atoms with Crippen LogP contribution in [0.25, 0.3) is 0 Å². The zero-order chi connectivity index (χ0) is 7.78. The summed E-state index contributed by atoms with van der Waals surface area (Å²) in [5.41, 5.74) is 0. The molecule has 0 fully saturated rings. The fourth-order valence-electron chi connectivity index (χ4n) is 0.517. The molecule has 0 aliphatic carbocycles. The van der Waals surface area contributed by atoms with Crippen molar-refractivity contribution in [3.05, 3.63) is 12.2 Å². The SMILES string of the molecule is O=C1C=CC(O)(C(=O)O)O1. The Labute approximate surface area is 55.5 Å². The third kappa shape index (κ3) is 0.863. The molecule has 0 amide bonds. The summed E-state index contributed by atoms with van der Waals surface area (Å²) < 4.78 is 4.02. The van der Waals surface area contributed by atoms with Crippen molar-refractivity contribution in [2.24, 2.45) is 0 Å². The second-order valence-electron chi connectivity index (χ2n) is 1.76. The van der Waals surface area contributed by atoms with Gasteiger partial charge in [0.1, 0.15) is 0 Å². The molecule has 0 saturated heterocycles. The van der Waals surface area contributed by atoms with Crippen LogP contribution in [-0.2, 0) is 14.3 Å². The van der Waals surface area contributed by atoms with Crippen molar-refractivity contribution in [2.75, 3.05) is 0 Å². The zero-order valence-corrected chi connectivity index (χ0v) is 4.77. The first kappa shape index (κ1) is 6.76. The standard InChI is InChI=1S/C5H4O5/c6-3-1-2-5(9,10-3)4(7)8/h1-2,9H,(H,7,8). The number of rotatable bonds is 1. The van der Waals surface area contributed by atoms with E-state index in [1.54, 1.807) is 0 Å². The maximum absolute atomic E-state index is 10.2. The summed E-state index contributed by atoms with van der Waals surface area (Å²) in [7, 11) is 0. The maximum atomic E-state index is 10.2. The Bertz CT molecular complexity index is 218. The average molecular weight is 144 g/mol. The van der Waals surface area contributed by atoms with Crippen LogP contribution >= 0.6 is 0 Å². The second-order valence-corrected chi connectivity index (χ2v) is 1.76. The predicted molar refractivity (Wildman–Crippen MR) is 27.8 cm³/mol. The highest BCUT2D eigenvalue weighted by Crippen LogP contribution is 2.15. The van der Waals surface area contributed by atoms with E-state index >= 15 is 0 Å². The van der Waals surface area contributed by atoms with Crippen molar-refractivity contribution >= 4 is 11.9 Å². The third-order valence-electron chi connectivity index (χ3n) is 1.01. The van der Waals surface area contributed by atoms with E-state index in [-0.39, 0.29) is 0 Å². The number of aliphatic hydroxyl groups is 1. The van der Waals surface area contributed by atoms with Crippen LogP contribution in [0.2, 0.25) is 0 Å². The van der Waals surface area contributed by atoms with Crippen molar-refractivity contribution < 1.29 is 24.5 Å². The highest BCUT2D eigenvalue weighted by molar-refractivity contribution is 5.92. The first-order valence-corrected chi connectivity index (χ1v) is 2.42. The highest BCUT2D eigenvalue weighted by Gasteiger charge is 2.41. The van der Waals surface area contributed by atoms with Crippen molar-refractivity contribution in [3.8, 4) is 0 Å². The number of carbonyl (C=O) groups excluding carboxylic acids is 1. The van der Waals surface area contributed by atoms with Gasteiger partial charge in [0.15, 0.2) is 0 Å². The molecule has 0 radical (unpaired) electrons. The average Bonchev–Trinajstić information content (AvgIpc) is 2.13. The molecule has 0 aromatic heterocycles. The van der Waals surface area contributed by atoms with Crippen molar-refractivity contribution in [3.63, 3.8) is 0 Å². The Morgan fingerprint density at radius 2 is 2.30 bits per heavy atom. The number of aliphatic carboxylic acids is 1. The molecule has 1 heterocycles. The van der Waals surface area contributed by atoms with Gasteiger partial charge in [-0.25, -0.2) is 9.59 Å². The summed E-state index contributed by atoms with van der Waals surface area (Å²) >= 11 is 0. The van der Waals surface area contributed by atoms with Gasteiger partial charge in [0.2, 0.25) is 0 Å². The number of hydrogen-bond donors (Lipinski definition) is 2. The van der Waals surface area contributed by atoms with Gasteiger partial charge < -0.3 is 14.9 Å². The van der Waals surface area contributed by atoms with Gasteiger partial charge in [-0.15, -0.1) is 0 Å². The minimum Gasteiger partial charge on any atom is -0.476 e. The number of hydrogen-bond acceptors (Lipinski definition) is 4. The van der Waals surface area contributed by atoms with Crippen LogP contribution in [0.5, 0.6) is 0 Å². The Morgan fingerprint density at radius 3 is 2.50 bits per heavy atom. The van der Waals surface area contributed by atoms with Crippen LogP contribution < -0.4 is 0 Å². The summed E-state index contributed by atoms with van der Waals surface area (Å²) in [6.07, 6.45) is 1.63. The van der Waals surface area contributed by atoms with Gasteiger partial charge in [-0.05, 0) is 0 Å². The van der Waals surface area contributed by atoms with E-state index in [0.717, 1.165) is 12.2 Å². The molecule has 2 N–H and O–H groups in total. The van der Waals surface area contributed by atoms with Gasteiger partial charge in [0.25, 0.3) is 0 Å². The number of esters is 1. The molecule has 10 heavy (non-hydrogen) atoms. The summed E-state index contributed by atoms with van der Waals surface area (Å²) in [6.45, 7) is 0. The van der Waals surface area contributed by atoms with Gasteiger partial charge in [-0.2, -0.15) is 0 Å². The first-order valence-electron chi connectivity index (χ1n) is 2.42. The molecule has 1 rings (SSSR count). The minimum absolute atomic E-state index is 0.775. The van der Waals surface area contributed by atoms with Crippen molar-refractivity contribution in [1.29, 1.82) is 0 Å². The normalized spacial score (nSPS) is 30.3. The molecule has 0 saturated carbocycles. The molecular formula is C5H4O5. The lowest BCUT2D eigenvalue weighted by atomic mass is 10.3. The Balaban J connectivity index is 2.84. The minimum atomic E-state index is -2.45. The van der Waals surface area contributed by atoms with Crippen LogP contribution in [0, 0.1) is 0 Å².